The molecule has 144 valence electrons. The van der Waals surface area contributed by atoms with Gasteiger partial charge in [-0.1, -0.05) is 15.9 Å². The molecule has 0 unspecified atom stereocenters. The van der Waals surface area contributed by atoms with Crippen molar-refractivity contribution in [3.63, 3.8) is 0 Å². The van der Waals surface area contributed by atoms with Crippen LogP contribution in [0.25, 0.3) is 0 Å². The Morgan fingerprint density at radius 2 is 1.74 bits per heavy atom. The lowest BCUT2D eigenvalue weighted by molar-refractivity contribution is 0.0951. The van der Waals surface area contributed by atoms with Gasteiger partial charge in [-0.3, -0.25) is 4.79 Å². The highest BCUT2D eigenvalue weighted by Gasteiger charge is 2.14. The van der Waals surface area contributed by atoms with Crippen LogP contribution in [0, 0.1) is 0 Å². The number of benzene rings is 2. The molecule has 27 heavy (non-hydrogen) atoms. The number of methoxy groups -OCH3 is 3. The molecule has 2 aromatic carbocycles. The molecule has 0 spiro atoms. The van der Waals surface area contributed by atoms with Crippen molar-refractivity contribution >= 4 is 28.1 Å². The third-order valence-corrected chi connectivity index (χ3v) is 4.05. The predicted octanol–water partition coefficient (Wildman–Crippen LogP) is 3.64. The molecule has 8 heteroatoms. The van der Waals surface area contributed by atoms with Crippen molar-refractivity contribution in [2.24, 2.45) is 5.10 Å². The van der Waals surface area contributed by atoms with Crippen molar-refractivity contribution in [3.8, 4) is 23.0 Å². The van der Waals surface area contributed by atoms with E-state index in [1.165, 1.54) is 27.5 Å². The van der Waals surface area contributed by atoms with E-state index in [0.717, 1.165) is 4.47 Å². The van der Waals surface area contributed by atoms with Crippen LogP contribution in [0.3, 0.4) is 0 Å². The molecule has 2 aromatic rings. The Hall–Kier alpha value is -2.74. The molecule has 0 aliphatic carbocycles. The zero-order valence-corrected chi connectivity index (χ0v) is 17.1. The van der Waals surface area contributed by atoms with E-state index in [1.807, 2.05) is 6.92 Å². The number of amides is 1. The zero-order valence-electron chi connectivity index (χ0n) is 15.5. The van der Waals surface area contributed by atoms with Gasteiger partial charge in [-0.05, 0) is 37.3 Å². The molecule has 0 aromatic heterocycles. The summed E-state index contributed by atoms with van der Waals surface area (Å²) < 4.78 is 22.1. The highest BCUT2D eigenvalue weighted by atomic mass is 79.9. The molecular formula is C19H21BrN2O5. The molecule has 0 radical (unpaired) electrons. The van der Waals surface area contributed by atoms with Gasteiger partial charge in [0.1, 0.15) is 5.75 Å². The fraction of sp³-hybridized carbons (Fsp3) is 0.263. The molecule has 0 aliphatic heterocycles. The Labute approximate surface area is 166 Å². The topological polar surface area (TPSA) is 78.4 Å². The average molecular weight is 437 g/mol. The van der Waals surface area contributed by atoms with Crippen LogP contribution in [0.5, 0.6) is 23.0 Å². The summed E-state index contributed by atoms with van der Waals surface area (Å²) in [6.07, 6.45) is 1.49. The van der Waals surface area contributed by atoms with Crippen LogP contribution >= 0.6 is 15.9 Å². The van der Waals surface area contributed by atoms with E-state index < -0.39 is 0 Å². The van der Waals surface area contributed by atoms with Gasteiger partial charge in [0.05, 0.1) is 39.7 Å². The minimum absolute atomic E-state index is 0.383. The van der Waals surface area contributed by atoms with Gasteiger partial charge < -0.3 is 18.9 Å². The van der Waals surface area contributed by atoms with Crippen LogP contribution in [0.4, 0.5) is 0 Å². The van der Waals surface area contributed by atoms with Gasteiger partial charge in [-0.2, -0.15) is 5.10 Å². The van der Waals surface area contributed by atoms with E-state index in [2.05, 4.69) is 26.5 Å². The molecule has 0 saturated heterocycles. The van der Waals surface area contributed by atoms with Gasteiger partial charge in [-0.15, -0.1) is 0 Å². The first-order valence-electron chi connectivity index (χ1n) is 8.09. The maximum Gasteiger partial charge on any atom is 0.275 e. The van der Waals surface area contributed by atoms with Crippen LogP contribution in [0.1, 0.15) is 22.8 Å². The van der Waals surface area contributed by atoms with Gasteiger partial charge in [-0.25, -0.2) is 5.43 Å². The van der Waals surface area contributed by atoms with Crippen LogP contribution in [0.15, 0.2) is 39.9 Å². The van der Waals surface area contributed by atoms with Gasteiger partial charge in [0.2, 0.25) is 5.75 Å². The Kier molecular flexibility index (Phi) is 7.48. The summed E-state index contributed by atoms with van der Waals surface area (Å²) in [6.45, 7) is 2.31. The van der Waals surface area contributed by atoms with Crippen molar-refractivity contribution in [3.05, 3.63) is 45.9 Å². The van der Waals surface area contributed by atoms with Crippen molar-refractivity contribution in [2.75, 3.05) is 27.9 Å². The second-order valence-corrected chi connectivity index (χ2v) is 6.15. The average Bonchev–Trinajstić information content (AvgIpc) is 2.68. The van der Waals surface area contributed by atoms with E-state index in [1.54, 1.807) is 30.3 Å². The lowest BCUT2D eigenvalue weighted by Crippen LogP contribution is -2.18. The molecule has 0 aliphatic rings. The highest BCUT2D eigenvalue weighted by Crippen LogP contribution is 2.37. The van der Waals surface area contributed by atoms with Gasteiger partial charge in [0.25, 0.3) is 5.91 Å². The summed E-state index contributed by atoms with van der Waals surface area (Å²) in [4.78, 5) is 12.4. The largest absolute Gasteiger partial charge is 0.493 e. The second-order valence-electron chi connectivity index (χ2n) is 5.23. The standard InChI is InChI=1S/C19H21BrN2O5/c1-5-27-15-7-6-13(20)10-14(15)19(23)22-21-11-12-8-16(24-2)18(26-4)17(9-12)25-3/h6-11H,5H2,1-4H3,(H,22,23). The van der Waals surface area contributed by atoms with E-state index in [9.17, 15) is 4.79 Å². The van der Waals surface area contributed by atoms with E-state index >= 15 is 0 Å². The molecule has 0 heterocycles. The Bertz CT molecular complexity index is 814. The number of halogens is 1. The molecule has 0 saturated carbocycles. The van der Waals surface area contributed by atoms with Crippen LogP contribution < -0.4 is 24.4 Å². The number of nitrogens with zero attached hydrogens (tertiary/aromatic N) is 1. The smallest absolute Gasteiger partial charge is 0.275 e. The summed E-state index contributed by atoms with van der Waals surface area (Å²) >= 11 is 3.35. The summed E-state index contributed by atoms with van der Waals surface area (Å²) in [5.41, 5.74) is 3.55. The molecule has 0 bridgehead atoms. The van der Waals surface area contributed by atoms with E-state index in [0.29, 0.717) is 40.7 Å². The fourth-order valence-corrected chi connectivity index (χ4v) is 2.72. The molecule has 0 atom stereocenters. The lowest BCUT2D eigenvalue weighted by Gasteiger charge is -2.12. The quantitative estimate of drug-likeness (QED) is 0.504. The van der Waals surface area contributed by atoms with Crippen LogP contribution in [-0.4, -0.2) is 40.1 Å². The van der Waals surface area contributed by atoms with Crippen molar-refractivity contribution in [2.45, 2.75) is 6.92 Å². The number of hydrogen-bond donors (Lipinski definition) is 1. The minimum Gasteiger partial charge on any atom is -0.493 e. The first-order valence-corrected chi connectivity index (χ1v) is 8.89. The number of hydrogen-bond acceptors (Lipinski definition) is 6. The number of rotatable bonds is 8. The van der Waals surface area contributed by atoms with Gasteiger partial charge in [0, 0.05) is 10.0 Å². The number of nitrogens with one attached hydrogen (secondary N) is 1. The summed E-state index contributed by atoms with van der Waals surface area (Å²) in [6, 6.07) is 8.66. The maximum atomic E-state index is 12.4. The lowest BCUT2D eigenvalue weighted by atomic mass is 10.2. The highest BCUT2D eigenvalue weighted by molar-refractivity contribution is 9.10. The molecular weight excluding hydrogens is 416 g/mol. The molecule has 7 nitrogen and oxygen atoms in total. The third-order valence-electron chi connectivity index (χ3n) is 3.55. The zero-order chi connectivity index (χ0) is 19.8. The van der Waals surface area contributed by atoms with E-state index in [-0.39, 0.29) is 5.91 Å². The third kappa shape index (κ3) is 5.13. The number of carbonyl (C=O) groups excluding carboxylic acids is 1. The predicted molar refractivity (Wildman–Crippen MR) is 106 cm³/mol. The summed E-state index contributed by atoms with van der Waals surface area (Å²) in [7, 11) is 4.59. The second kappa shape index (κ2) is 9.82. The SMILES string of the molecule is CCOc1ccc(Br)cc1C(=O)NN=Cc1cc(OC)c(OC)c(OC)c1. The van der Waals surface area contributed by atoms with E-state index in [4.69, 9.17) is 18.9 Å². The summed E-state index contributed by atoms with van der Waals surface area (Å²) in [5.74, 6) is 1.58. The Balaban J connectivity index is 2.20. The monoisotopic (exact) mass is 436 g/mol. The molecule has 1 amide bonds. The summed E-state index contributed by atoms with van der Waals surface area (Å²) in [5, 5.41) is 4.01. The van der Waals surface area contributed by atoms with Crippen LogP contribution in [0.2, 0.25) is 0 Å². The van der Waals surface area contributed by atoms with Gasteiger partial charge >= 0.3 is 0 Å². The minimum atomic E-state index is -0.386. The van der Waals surface area contributed by atoms with Gasteiger partial charge in [0.15, 0.2) is 11.5 Å². The Morgan fingerprint density at radius 1 is 1.07 bits per heavy atom. The van der Waals surface area contributed by atoms with Crippen LogP contribution in [-0.2, 0) is 0 Å². The molecule has 1 N–H and O–H groups in total. The molecule has 2 rings (SSSR count). The Morgan fingerprint density at radius 3 is 2.30 bits per heavy atom. The first-order chi connectivity index (χ1) is 13.0. The number of hydrazone groups is 1. The van der Waals surface area contributed by atoms with Crippen molar-refractivity contribution in [1.29, 1.82) is 0 Å². The van der Waals surface area contributed by atoms with Crippen molar-refractivity contribution < 1.29 is 23.7 Å². The molecule has 0 fully saturated rings. The first kappa shape index (κ1) is 20.6. The maximum absolute atomic E-state index is 12.4. The van der Waals surface area contributed by atoms with Crippen molar-refractivity contribution in [1.82, 2.24) is 5.43 Å². The number of carbonyl (C=O) groups is 1. The fourth-order valence-electron chi connectivity index (χ4n) is 2.36. The normalized spacial score (nSPS) is 10.6. The number of ether oxygens (including phenoxy) is 4.